The predicted octanol–water partition coefficient (Wildman–Crippen LogP) is 3.57. The van der Waals surface area contributed by atoms with Gasteiger partial charge in [0.25, 0.3) is 0 Å². The molecular weight excluding hydrogens is 246 g/mol. The third-order valence-electron chi connectivity index (χ3n) is 4.04. The second kappa shape index (κ2) is 5.70. The number of aryl methyl sites for hydroxylation is 3. The molecule has 0 fully saturated rings. The molecule has 20 heavy (non-hydrogen) atoms. The van der Waals surface area contributed by atoms with Gasteiger partial charge in [-0.2, -0.15) is 0 Å². The average molecular weight is 269 g/mol. The molecule has 3 heteroatoms. The first-order valence-electron chi connectivity index (χ1n) is 7.63. The Morgan fingerprint density at radius 2 is 2.10 bits per heavy atom. The molecule has 0 amide bonds. The van der Waals surface area contributed by atoms with Gasteiger partial charge in [0.15, 0.2) is 0 Å². The fraction of sp³-hybridized carbons (Fsp3) is 0.471. The summed E-state index contributed by atoms with van der Waals surface area (Å²) in [4.78, 5) is 4.63. The number of benzene rings is 1. The van der Waals surface area contributed by atoms with Gasteiger partial charge < -0.3 is 9.88 Å². The Kier molecular flexibility index (Phi) is 3.77. The zero-order valence-electron chi connectivity index (χ0n) is 12.4. The van der Waals surface area contributed by atoms with Crippen LogP contribution >= 0.6 is 0 Å². The van der Waals surface area contributed by atoms with Crippen LogP contribution in [0.25, 0.3) is 0 Å². The van der Waals surface area contributed by atoms with E-state index in [2.05, 4.69) is 59.2 Å². The first kappa shape index (κ1) is 13.2. The van der Waals surface area contributed by atoms with Gasteiger partial charge in [0.1, 0.15) is 0 Å². The highest BCUT2D eigenvalue weighted by atomic mass is 15.2. The van der Waals surface area contributed by atoms with E-state index in [9.17, 15) is 0 Å². The summed E-state index contributed by atoms with van der Waals surface area (Å²) in [5.41, 5.74) is 4.09. The van der Waals surface area contributed by atoms with Gasteiger partial charge in [0.2, 0.25) is 5.95 Å². The lowest BCUT2D eigenvalue weighted by Crippen LogP contribution is -2.28. The van der Waals surface area contributed by atoms with Crippen LogP contribution in [0.3, 0.4) is 0 Å². The molecule has 3 rings (SSSR count). The van der Waals surface area contributed by atoms with Crippen molar-refractivity contribution in [3.63, 3.8) is 0 Å². The van der Waals surface area contributed by atoms with Crippen LogP contribution in [0.1, 0.15) is 36.6 Å². The van der Waals surface area contributed by atoms with Gasteiger partial charge >= 0.3 is 0 Å². The van der Waals surface area contributed by atoms with Crippen molar-refractivity contribution in [2.24, 2.45) is 0 Å². The molecule has 0 aliphatic heterocycles. The van der Waals surface area contributed by atoms with Gasteiger partial charge in [0.05, 0.1) is 5.69 Å². The van der Waals surface area contributed by atoms with Gasteiger partial charge in [-0.3, -0.25) is 0 Å². The minimum Gasteiger partial charge on any atom is -0.353 e. The van der Waals surface area contributed by atoms with Crippen LogP contribution < -0.4 is 5.32 Å². The van der Waals surface area contributed by atoms with Crippen LogP contribution in [0.5, 0.6) is 0 Å². The zero-order valence-corrected chi connectivity index (χ0v) is 12.4. The van der Waals surface area contributed by atoms with Crippen LogP contribution in [-0.4, -0.2) is 15.6 Å². The molecule has 3 nitrogen and oxygen atoms in total. The molecule has 1 atom stereocenters. The summed E-state index contributed by atoms with van der Waals surface area (Å²) in [6.45, 7) is 5.30. The monoisotopic (exact) mass is 269 g/mol. The second-order valence-electron chi connectivity index (χ2n) is 5.75. The number of nitrogens with zero attached hydrogens (tertiary/aromatic N) is 2. The summed E-state index contributed by atoms with van der Waals surface area (Å²) < 4.78 is 2.25. The Balaban J connectivity index is 1.73. The molecule has 0 radical (unpaired) electrons. The SMILES string of the molecule is CCCn1cc(C)nc1NC1CCc2ccccc2C1. The molecule has 1 N–H and O–H groups in total. The molecule has 0 bridgehead atoms. The van der Waals surface area contributed by atoms with E-state index < -0.39 is 0 Å². The summed E-state index contributed by atoms with van der Waals surface area (Å²) in [6.07, 6.45) is 6.74. The summed E-state index contributed by atoms with van der Waals surface area (Å²) in [5.74, 6) is 1.04. The van der Waals surface area contributed by atoms with E-state index >= 15 is 0 Å². The Bertz CT molecular complexity index is 586. The van der Waals surface area contributed by atoms with E-state index in [1.807, 2.05) is 0 Å². The van der Waals surface area contributed by atoms with Gasteiger partial charge in [-0.15, -0.1) is 0 Å². The lowest BCUT2D eigenvalue weighted by atomic mass is 9.88. The van der Waals surface area contributed by atoms with Crippen molar-refractivity contribution in [2.45, 2.75) is 52.1 Å². The summed E-state index contributed by atoms with van der Waals surface area (Å²) >= 11 is 0. The largest absolute Gasteiger partial charge is 0.353 e. The van der Waals surface area contributed by atoms with Crippen molar-refractivity contribution >= 4 is 5.95 Å². The van der Waals surface area contributed by atoms with Crippen LogP contribution in [0.4, 0.5) is 5.95 Å². The molecule has 106 valence electrons. The first-order valence-corrected chi connectivity index (χ1v) is 7.63. The van der Waals surface area contributed by atoms with E-state index in [1.54, 1.807) is 0 Å². The quantitative estimate of drug-likeness (QED) is 0.919. The normalized spacial score (nSPS) is 17.8. The van der Waals surface area contributed by atoms with E-state index in [1.165, 1.54) is 24.0 Å². The molecule has 1 aliphatic rings. The topological polar surface area (TPSA) is 29.9 Å². The first-order chi connectivity index (χ1) is 9.76. The van der Waals surface area contributed by atoms with Gasteiger partial charge in [-0.1, -0.05) is 31.2 Å². The van der Waals surface area contributed by atoms with Crippen molar-refractivity contribution in [3.8, 4) is 0 Å². The summed E-state index contributed by atoms with van der Waals surface area (Å²) in [7, 11) is 0. The molecule has 1 unspecified atom stereocenters. The third-order valence-corrected chi connectivity index (χ3v) is 4.04. The lowest BCUT2D eigenvalue weighted by Gasteiger charge is -2.26. The number of fused-ring (bicyclic) bond motifs is 1. The van der Waals surface area contributed by atoms with Crippen molar-refractivity contribution in [1.29, 1.82) is 0 Å². The van der Waals surface area contributed by atoms with Gasteiger partial charge in [0, 0.05) is 18.8 Å². The Morgan fingerprint density at radius 3 is 2.90 bits per heavy atom. The van der Waals surface area contributed by atoms with Crippen LogP contribution in [-0.2, 0) is 19.4 Å². The Morgan fingerprint density at radius 1 is 1.30 bits per heavy atom. The fourth-order valence-corrected chi connectivity index (χ4v) is 3.08. The number of hydrogen-bond donors (Lipinski definition) is 1. The Labute approximate surface area is 121 Å². The maximum Gasteiger partial charge on any atom is 0.203 e. The maximum absolute atomic E-state index is 4.63. The minimum atomic E-state index is 0.502. The number of nitrogens with one attached hydrogen (secondary N) is 1. The van der Waals surface area contributed by atoms with Crippen LogP contribution in [0, 0.1) is 6.92 Å². The number of aromatic nitrogens is 2. The number of anilines is 1. The summed E-state index contributed by atoms with van der Waals surface area (Å²) in [5, 5.41) is 3.65. The molecule has 0 saturated heterocycles. The predicted molar refractivity (Wildman–Crippen MR) is 83.1 cm³/mol. The van der Waals surface area contributed by atoms with Crippen molar-refractivity contribution in [3.05, 3.63) is 47.3 Å². The molecule has 1 aromatic carbocycles. The van der Waals surface area contributed by atoms with Crippen molar-refractivity contribution in [1.82, 2.24) is 9.55 Å². The molecule has 1 aromatic heterocycles. The van der Waals surface area contributed by atoms with E-state index in [0.717, 1.165) is 31.0 Å². The molecule has 2 aromatic rings. The molecule has 0 spiro atoms. The maximum atomic E-state index is 4.63. The second-order valence-corrected chi connectivity index (χ2v) is 5.75. The Hall–Kier alpha value is -1.77. The van der Waals surface area contributed by atoms with E-state index in [4.69, 9.17) is 0 Å². The molecule has 1 heterocycles. The lowest BCUT2D eigenvalue weighted by molar-refractivity contribution is 0.593. The standard InChI is InChI=1S/C17H23N3/c1-3-10-20-12-13(2)18-17(20)19-16-9-8-14-6-4-5-7-15(14)11-16/h4-7,12,16H,3,8-11H2,1-2H3,(H,18,19). The summed E-state index contributed by atoms with van der Waals surface area (Å²) in [6, 6.07) is 9.30. The van der Waals surface area contributed by atoms with E-state index in [-0.39, 0.29) is 0 Å². The van der Waals surface area contributed by atoms with E-state index in [0.29, 0.717) is 6.04 Å². The smallest absolute Gasteiger partial charge is 0.203 e. The van der Waals surface area contributed by atoms with Crippen LogP contribution in [0.15, 0.2) is 30.5 Å². The highest BCUT2D eigenvalue weighted by molar-refractivity contribution is 5.36. The van der Waals surface area contributed by atoms with Crippen molar-refractivity contribution in [2.75, 3.05) is 5.32 Å². The average Bonchev–Trinajstić information content (AvgIpc) is 2.79. The zero-order chi connectivity index (χ0) is 13.9. The number of hydrogen-bond acceptors (Lipinski definition) is 2. The highest BCUT2D eigenvalue weighted by Crippen LogP contribution is 2.23. The fourth-order valence-electron chi connectivity index (χ4n) is 3.08. The third kappa shape index (κ3) is 2.72. The molecule has 0 saturated carbocycles. The van der Waals surface area contributed by atoms with Crippen LogP contribution in [0.2, 0.25) is 0 Å². The van der Waals surface area contributed by atoms with Gasteiger partial charge in [-0.25, -0.2) is 4.98 Å². The molecule has 1 aliphatic carbocycles. The highest BCUT2D eigenvalue weighted by Gasteiger charge is 2.19. The van der Waals surface area contributed by atoms with Gasteiger partial charge in [-0.05, 0) is 43.7 Å². The van der Waals surface area contributed by atoms with Crippen molar-refractivity contribution < 1.29 is 0 Å². The minimum absolute atomic E-state index is 0.502. The molecular formula is C17H23N3. The number of imidazole rings is 1. The number of rotatable bonds is 4.